The van der Waals surface area contributed by atoms with Gasteiger partial charge in [0.1, 0.15) is 6.07 Å². The van der Waals surface area contributed by atoms with Crippen LogP contribution in [0, 0.1) is 11.3 Å². The van der Waals surface area contributed by atoms with E-state index in [0.717, 1.165) is 25.1 Å². The van der Waals surface area contributed by atoms with Gasteiger partial charge >= 0.3 is 5.97 Å². The molecule has 1 saturated heterocycles. The Morgan fingerprint density at radius 3 is 2.71 bits per heavy atom. The molecule has 1 rings (SSSR count). The van der Waals surface area contributed by atoms with Gasteiger partial charge in [-0.25, -0.2) is 4.79 Å². The van der Waals surface area contributed by atoms with Gasteiger partial charge in [0.15, 0.2) is 5.57 Å². The summed E-state index contributed by atoms with van der Waals surface area (Å²) in [6, 6.07) is 1.99. The molecule has 0 unspecified atom stereocenters. The lowest BCUT2D eigenvalue weighted by Gasteiger charge is -2.23. The van der Waals surface area contributed by atoms with E-state index in [2.05, 4.69) is 11.9 Å². The Morgan fingerprint density at radius 1 is 1.43 bits per heavy atom. The van der Waals surface area contributed by atoms with E-state index in [1.165, 1.54) is 12.8 Å². The Hall–Kier alpha value is -1.96. The van der Waals surface area contributed by atoms with Crippen LogP contribution < -0.4 is 0 Å². The number of esters is 1. The Balaban J connectivity index is 3.21. The Morgan fingerprint density at radius 2 is 2.14 bits per heavy atom. The highest BCUT2D eigenvalue weighted by molar-refractivity contribution is 5.94. The molecule has 1 fully saturated rings. The predicted molar refractivity (Wildman–Crippen MR) is 82.1 cm³/mol. The van der Waals surface area contributed by atoms with Gasteiger partial charge in [0.25, 0.3) is 0 Å². The van der Waals surface area contributed by atoms with Crippen molar-refractivity contribution < 1.29 is 9.53 Å². The fraction of sp³-hybridized carbons (Fsp3) is 0.625. The number of carbonyl (C=O) groups is 1. The summed E-state index contributed by atoms with van der Waals surface area (Å²) < 4.78 is 4.98. The molecular formula is C16H25N3O2. The SMILES string of the molecule is CCOC(=O)/C(C#N)=C(/C=C1\CCCCCN1C)N(C)C. The van der Waals surface area contributed by atoms with Crippen LogP contribution in [0.3, 0.4) is 0 Å². The first-order valence-corrected chi connectivity index (χ1v) is 7.41. The molecule has 0 N–H and O–H groups in total. The number of nitrogens with zero attached hydrogens (tertiary/aromatic N) is 3. The van der Waals surface area contributed by atoms with Crippen molar-refractivity contribution in [2.45, 2.75) is 32.6 Å². The summed E-state index contributed by atoms with van der Waals surface area (Å²) in [5, 5.41) is 9.32. The molecule has 0 atom stereocenters. The summed E-state index contributed by atoms with van der Waals surface area (Å²) in [7, 11) is 5.72. The molecule has 1 aliphatic rings. The standard InChI is InChI=1S/C16H25N3O2/c1-5-21-16(20)14(12-17)15(18(2)3)11-13-9-7-6-8-10-19(13)4/h11H,5-10H2,1-4H3/b13-11+,15-14-. The first-order chi connectivity index (χ1) is 10.0. The second kappa shape index (κ2) is 8.35. The fourth-order valence-corrected chi connectivity index (χ4v) is 2.34. The van der Waals surface area contributed by atoms with E-state index in [4.69, 9.17) is 4.74 Å². The van der Waals surface area contributed by atoms with E-state index < -0.39 is 5.97 Å². The van der Waals surface area contributed by atoms with Crippen LogP contribution in [-0.2, 0) is 9.53 Å². The zero-order chi connectivity index (χ0) is 15.8. The number of hydrogen-bond acceptors (Lipinski definition) is 5. The van der Waals surface area contributed by atoms with Gasteiger partial charge in [-0.1, -0.05) is 6.42 Å². The smallest absolute Gasteiger partial charge is 0.351 e. The van der Waals surface area contributed by atoms with Crippen molar-refractivity contribution in [1.82, 2.24) is 9.80 Å². The second-order valence-corrected chi connectivity index (χ2v) is 5.35. The lowest BCUT2D eigenvalue weighted by atomic mass is 10.1. The van der Waals surface area contributed by atoms with Crippen molar-refractivity contribution in [3.05, 3.63) is 23.0 Å². The number of ether oxygens (including phenoxy) is 1. The second-order valence-electron chi connectivity index (χ2n) is 5.35. The number of likely N-dealkylation sites (tertiary alicyclic amines) is 1. The highest BCUT2D eigenvalue weighted by Crippen LogP contribution is 2.22. The largest absolute Gasteiger partial charge is 0.462 e. The molecule has 0 spiro atoms. The zero-order valence-corrected chi connectivity index (χ0v) is 13.5. The number of likely N-dealkylation sites (N-methyl/N-ethyl adjacent to an activating group) is 1. The minimum Gasteiger partial charge on any atom is -0.462 e. The van der Waals surface area contributed by atoms with Crippen LogP contribution in [0.1, 0.15) is 32.6 Å². The minimum absolute atomic E-state index is 0.0620. The third-order valence-electron chi connectivity index (χ3n) is 3.55. The highest BCUT2D eigenvalue weighted by Gasteiger charge is 2.19. The average molecular weight is 291 g/mol. The molecule has 0 aliphatic carbocycles. The van der Waals surface area contributed by atoms with E-state index in [1.807, 2.05) is 26.2 Å². The Labute approximate surface area is 127 Å². The normalized spacial score (nSPS) is 18.6. The van der Waals surface area contributed by atoms with Crippen LogP contribution in [0.4, 0.5) is 0 Å². The number of allylic oxidation sites excluding steroid dienone is 2. The van der Waals surface area contributed by atoms with Gasteiger partial charge in [0.2, 0.25) is 0 Å². The molecule has 0 saturated carbocycles. The Bertz CT molecular complexity index is 472. The van der Waals surface area contributed by atoms with Crippen molar-refractivity contribution in [3.63, 3.8) is 0 Å². The van der Waals surface area contributed by atoms with E-state index in [1.54, 1.807) is 11.8 Å². The van der Waals surface area contributed by atoms with Crippen LogP contribution in [0.15, 0.2) is 23.0 Å². The van der Waals surface area contributed by atoms with Crippen LogP contribution in [0.5, 0.6) is 0 Å². The molecule has 116 valence electrons. The van der Waals surface area contributed by atoms with Gasteiger partial charge in [-0.05, 0) is 32.3 Å². The van der Waals surface area contributed by atoms with E-state index in [0.29, 0.717) is 5.70 Å². The van der Waals surface area contributed by atoms with Gasteiger partial charge in [0, 0.05) is 33.4 Å². The fourth-order valence-electron chi connectivity index (χ4n) is 2.34. The van der Waals surface area contributed by atoms with Gasteiger partial charge in [-0.2, -0.15) is 5.26 Å². The number of rotatable bonds is 4. The summed E-state index contributed by atoms with van der Waals surface area (Å²) in [6.07, 6.45) is 6.44. The maximum atomic E-state index is 11.9. The maximum Gasteiger partial charge on any atom is 0.351 e. The van der Waals surface area contributed by atoms with Crippen molar-refractivity contribution in [2.24, 2.45) is 0 Å². The summed E-state index contributed by atoms with van der Waals surface area (Å²) in [5.74, 6) is -0.558. The average Bonchev–Trinajstić information content (AvgIpc) is 2.63. The predicted octanol–water partition coefficient (Wildman–Crippen LogP) is 2.28. The number of carbonyl (C=O) groups excluding carboxylic acids is 1. The minimum atomic E-state index is -0.558. The van der Waals surface area contributed by atoms with Crippen LogP contribution in [0.25, 0.3) is 0 Å². The molecule has 1 heterocycles. The molecule has 0 aromatic rings. The molecule has 5 heteroatoms. The van der Waals surface area contributed by atoms with Crippen molar-refractivity contribution in [3.8, 4) is 6.07 Å². The van der Waals surface area contributed by atoms with E-state index in [9.17, 15) is 10.1 Å². The first kappa shape index (κ1) is 17.1. The molecule has 5 nitrogen and oxygen atoms in total. The highest BCUT2D eigenvalue weighted by atomic mass is 16.5. The van der Waals surface area contributed by atoms with Crippen LogP contribution in [-0.4, -0.2) is 50.1 Å². The first-order valence-electron chi connectivity index (χ1n) is 7.41. The molecule has 0 aromatic heterocycles. The molecule has 1 aliphatic heterocycles. The summed E-state index contributed by atoms with van der Waals surface area (Å²) in [6.45, 7) is 3.01. The van der Waals surface area contributed by atoms with Crippen LogP contribution >= 0.6 is 0 Å². The maximum absolute atomic E-state index is 11.9. The van der Waals surface area contributed by atoms with Crippen molar-refractivity contribution >= 4 is 5.97 Å². The molecule has 0 bridgehead atoms. The number of nitriles is 1. The molecule has 21 heavy (non-hydrogen) atoms. The molecular weight excluding hydrogens is 266 g/mol. The van der Waals surface area contributed by atoms with Crippen LogP contribution in [0.2, 0.25) is 0 Å². The lowest BCUT2D eigenvalue weighted by Crippen LogP contribution is -2.21. The topological polar surface area (TPSA) is 56.6 Å². The third-order valence-corrected chi connectivity index (χ3v) is 3.55. The van der Waals surface area contributed by atoms with E-state index in [-0.39, 0.29) is 12.2 Å². The summed E-state index contributed by atoms with van der Waals surface area (Å²) in [5.41, 5.74) is 1.83. The Kier molecular flexibility index (Phi) is 6.80. The summed E-state index contributed by atoms with van der Waals surface area (Å²) in [4.78, 5) is 15.9. The molecule has 0 radical (unpaired) electrons. The lowest BCUT2D eigenvalue weighted by molar-refractivity contribution is -0.138. The van der Waals surface area contributed by atoms with Crippen molar-refractivity contribution in [1.29, 1.82) is 5.26 Å². The van der Waals surface area contributed by atoms with Gasteiger partial charge in [0.05, 0.1) is 12.3 Å². The number of hydrogen-bond donors (Lipinski definition) is 0. The van der Waals surface area contributed by atoms with Gasteiger partial charge < -0.3 is 14.5 Å². The molecule has 0 amide bonds. The van der Waals surface area contributed by atoms with Gasteiger partial charge in [-0.3, -0.25) is 0 Å². The summed E-state index contributed by atoms with van der Waals surface area (Å²) >= 11 is 0. The quantitative estimate of drug-likeness (QED) is 0.452. The molecule has 0 aromatic carbocycles. The van der Waals surface area contributed by atoms with E-state index >= 15 is 0 Å². The van der Waals surface area contributed by atoms with Gasteiger partial charge in [-0.15, -0.1) is 0 Å². The third kappa shape index (κ3) is 4.82. The van der Waals surface area contributed by atoms with Crippen molar-refractivity contribution in [2.75, 3.05) is 34.3 Å². The monoisotopic (exact) mass is 291 g/mol. The zero-order valence-electron chi connectivity index (χ0n) is 13.5.